The molecule has 2 aromatic carbocycles. The molecule has 1 saturated carbocycles. The molecule has 8 nitrogen and oxygen atoms in total. The summed E-state index contributed by atoms with van der Waals surface area (Å²) in [6, 6.07) is 17.4. The molecule has 0 bridgehead atoms. The first-order valence-corrected chi connectivity index (χ1v) is 14.5. The third-order valence-electron chi connectivity index (χ3n) is 6.52. The van der Waals surface area contributed by atoms with Gasteiger partial charge in [0.05, 0.1) is 17.4 Å². The van der Waals surface area contributed by atoms with Crippen molar-refractivity contribution in [2.75, 3.05) is 11.1 Å². The van der Waals surface area contributed by atoms with Crippen LogP contribution >= 0.6 is 23.1 Å². The van der Waals surface area contributed by atoms with Crippen molar-refractivity contribution in [1.29, 1.82) is 10.5 Å². The van der Waals surface area contributed by atoms with E-state index in [0.717, 1.165) is 37.1 Å². The Kier molecular flexibility index (Phi) is 8.46. The quantitative estimate of drug-likeness (QED) is 0.205. The second-order valence-electron chi connectivity index (χ2n) is 9.25. The lowest BCUT2D eigenvalue weighted by Crippen LogP contribution is -2.34. The van der Waals surface area contributed by atoms with Crippen LogP contribution in [0, 0.1) is 28.5 Å². The van der Waals surface area contributed by atoms with E-state index in [4.69, 9.17) is 10.5 Å². The van der Waals surface area contributed by atoms with Gasteiger partial charge in [-0.05, 0) is 61.2 Å². The van der Waals surface area contributed by atoms with Crippen molar-refractivity contribution in [3.05, 3.63) is 76.5 Å². The molecule has 4 aromatic rings. The van der Waals surface area contributed by atoms with Crippen molar-refractivity contribution in [2.45, 2.75) is 48.7 Å². The molecule has 0 saturated heterocycles. The Labute approximate surface area is 239 Å². The number of aromatic nitrogens is 2. The molecule has 4 N–H and O–H groups in total. The fraction of sp³-hybridized carbons (Fsp3) is 0.241. The number of nitrogens with two attached hydrogens (primary N) is 1. The van der Waals surface area contributed by atoms with E-state index in [0.29, 0.717) is 32.8 Å². The van der Waals surface area contributed by atoms with Crippen molar-refractivity contribution >= 4 is 39.7 Å². The number of nitrogens with one attached hydrogen (secondary N) is 1. The van der Waals surface area contributed by atoms with Crippen molar-refractivity contribution in [1.82, 2.24) is 9.97 Å². The largest absolute Gasteiger partial charge is 0.488 e. The monoisotopic (exact) mass is 572 g/mol. The lowest BCUT2D eigenvalue weighted by Gasteiger charge is -2.28. The summed E-state index contributed by atoms with van der Waals surface area (Å²) in [6.45, 7) is 0. The zero-order valence-corrected chi connectivity index (χ0v) is 22.9. The van der Waals surface area contributed by atoms with Gasteiger partial charge in [-0.3, -0.25) is 0 Å². The maximum Gasteiger partial charge on any atom is 0.187 e. The summed E-state index contributed by atoms with van der Waals surface area (Å²) in [4.78, 5) is 8.93. The van der Waals surface area contributed by atoms with Crippen LogP contribution in [-0.2, 0) is 5.75 Å². The van der Waals surface area contributed by atoms with Gasteiger partial charge in [-0.2, -0.15) is 10.5 Å². The van der Waals surface area contributed by atoms with Gasteiger partial charge in [-0.1, -0.05) is 30.3 Å². The standard InChI is InChI=1S/C29H25FN6O2S2/c30-18-7-9-19(10-8-18)34-29-35-20(16-40-29)15-39-28-23(14-32)26(22(13-31)27(33)36-28)17-5-11-21(12-6-17)38-25-4-2-1-3-24(25)37/h5-12,16,24-25,37H,1-4,15H2,(H2,33,36)(H,34,35)/t24-,25-/m0/s1. The van der Waals surface area contributed by atoms with Crippen LogP contribution in [-0.4, -0.2) is 27.3 Å². The molecule has 11 heteroatoms. The normalized spacial score (nSPS) is 16.6. The highest BCUT2D eigenvalue weighted by molar-refractivity contribution is 7.98. The number of aliphatic hydroxyl groups excluding tert-OH is 1. The van der Waals surface area contributed by atoms with Gasteiger partial charge in [0.15, 0.2) is 5.13 Å². The van der Waals surface area contributed by atoms with E-state index in [1.165, 1.54) is 35.2 Å². The molecule has 0 spiro atoms. The predicted octanol–water partition coefficient (Wildman–Crippen LogP) is 6.39. The van der Waals surface area contributed by atoms with Crippen LogP contribution < -0.4 is 15.8 Å². The molecule has 2 heterocycles. The van der Waals surface area contributed by atoms with Crippen molar-refractivity contribution in [2.24, 2.45) is 0 Å². The maximum absolute atomic E-state index is 13.2. The molecular formula is C29H25FN6O2S2. The average Bonchev–Trinajstić information content (AvgIpc) is 3.41. The summed E-state index contributed by atoms with van der Waals surface area (Å²) in [6.07, 6.45) is 2.79. The first-order valence-electron chi connectivity index (χ1n) is 12.6. The van der Waals surface area contributed by atoms with E-state index in [9.17, 15) is 20.0 Å². The minimum absolute atomic E-state index is 0.0431. The maximum atomic E-state index is 13.2. The number of benzene rings is 2. The summed E-state index contributed by atoms with van der Waals surface area (Å²) >= 11 is 2.71. The molecule has 0 aliphatic heterocycles. The molecule has 0 amide bonds. The van der Waals surface area contributed by atoms with Gasteiger partial charge in [0.1, 0.15) is 46.2 Å². The second kappa shape index (κ2) is 12.3. The third kappa shape index (κ3) is 6.18. The number of thioether (sulfide) groups is 1. The van der Waals surface area contributed by atoms with Gasteiger partial charge in [0, 0.05) is 22.4 Å². The molecule has 2 aromatic heterocycles. The minimum Gasteiger partial charge on any atom is -0.488 e. The first-order chi connectivity index (χ1) is 19.4. The third-order valence-corrected chi connectivity index (χ3v) is 8.33. The number of anilines is 3. The van der Waals surface area contributed by atoms with Crippen LogP contribution in [0.25, 0.3) is 11.1 Å². The van der Waals surface area contributed by atoms with E-state index < -0.39 is 6.10 Å². The van der Waals surface area contributed by atoms with E-state index in [1.807, 2.05) is 5.38 Å². The highest BCUT2D eigenvalue weighted by Gasteiger charge is 2.25. The molecule has 2 atom stereocenters. The smallest absolute Gasteiger partial charge is 0.187 e. The molecule has 5 rings (SSSR count). The van der Waals surface area contributed by atoms with Gasteiger partial charge < -0.3 is 20.9 Å². The average molecular weight is 573 g/mol. The Morgan fingerprint density at radius 3 is 2.48 bits per heavy atom. The predicted molar refractivity (Wildman–Crippen MR) is 154 cm³/mol. The lowest BCUT2D eigenvalue weighted by molar-refractivity contribution is 0.00688. The number of nitriles is 2. The molecule has 40 heavy (non-hydrogen) atoms. The van der Waals surface area contributed by atoms with E-state index in [-0.39, 0.29) is 28.9 Å². The number of halogens is 1. The summed E-state index contributed by atoms with van der Waals surface area (Å²) in [5.74, 6) is 0.760. The molecule has 0 unspecified atom stereocenters. The highest BCUT2D eigenvalue weighted by Crippen LogP contribution is 2.38. The fourth-order valence-corrected chi connectivity index (χ4v) is 6.23. The highest BCUT2D eigenvalue weighted by atomic mass is 32.2. The summed E-state index contributed by atoms with van der Waals surface area (Å²) < 4.78 is 19.2. The fourth-order valence-electron chi connectivity index (χ4n) is 4.51. The number of nitrogens with zero attached hydrogens (tertiary/aromatic N) is 4. The number of pyridine rings is 1. The van der Waals surface area contributed by atoms with Gasteiger partial charge >= 0.3 is 0 Å². The number of aliphatic hydroxyl groups is 1. The van der Waals surface area contributed by atoms with Crippen molar-refractivity contribution < 1.29 is 14.2 Å². The van der Waals surface area contributed by atoms with E-state index in [2.05, 4.69) is 27.4 Å². The molecular weight excluding hydrogens is 547 g/mol. The number of ether oxygens (including phenoxy) is 1. The molecule has 1 fully saturated rings. The Morgan fingerprint density at radius 1 is 1.05 bits per heavy atom. The van der Waals surface area contributed by atoms with Crippen LogP contribution in [0.5, 0.6) is 5.75 Å². The Morgan fingerprint density at radius 2 is 1.77 bits per heavy atom. The van der Waals surface area contributed by atoms with Gasteiger partial charge in [-0.25, -0.2) is 14.4 Å². The Balaban J connectivity index is 1.35. The number of hydrogen-bond donors (Lipinski definition) is 3. The summed E-state index contributed by atoms with van der Waals surface area (Å²) in [5, 5.41) is 36.3. The van der Waals surface area contributed by atoms with Crippen LogP contribution in [0.3, 0.4) is 0 Å². The molecule has 202 valence electrons. The van der Waals surface area contributed by atoms with Crippen molar-refractivity contribution in [3.63, 3.8) is 0 Å². The topological polar surface area (TPSA) is 141 Å². The van der Waals surface area contributed by atoms with Crippen LogP contribution in [0.2, 0.25) is 0 Å². The number of hydrogen-bond acceptors (Lipinski definition) is 10. The van der Waals surface area contributed by atoms with Gasteiger partial charge in [-0.15, -0.1) is 11.3 Å². The lowest BCUT2D eigenvalue weighted by atomic mass is 9.94. The van der Waals surface area contributed by atoms with E-state index in [1.54, 1.807) is 36.4 Å². The first kappa shape index (κ1) is 27.4. The Bertz CT molecular complexity index is 1580. The molecule has 1 aliphatic carbocycles. The molecule has 0 radical (unpaired) electrons. The van der Waals surface area contributed by atoms with Gasteiger partial charge in [0.2, 0.25) is 0 Å². The number of thiazole rings is 1. The Hall–Kier alpha value is -4.16. The SMILES string of the molecule is N#Cc1c(N)nc(SCc2csc(Nc3ccc(F)cc3)n2)c(C#N)c1-c1ccc(O[C@H]2CCCC[C@@H]2O)cc1. The van der Waals surface area contributed by atoms with Crippen LogP contribution in [0.15, 0.2) is 58.9 Å². The summed E-state index contributed by atoms with van der Waals surface area (Å²) in [5.41, 5.74) is 9.11. The number of rotatable bonds is 8. The van der Waals surface area contributed by atoms with Crippen molar-refractivity contribution in [3.8, 4) is 29.0 Å². The van der Waals surface area contributed by atoms with Gasteiger partial charge in [0.25, 0.3) is 0 Å². The summed E-state index contributed by atoms with van der Waals surface area (Å²) in [7, 11) is 0. The number of nitrogen functional groups attached to an aromatic ring is 1. The van der Waals surface area contributed by atoms with E-state index >= 15 is 0 Å². The van der Waals surface area contributed by atoms with Crippen LogP contribution in [0.4, 0.5) is 21.0 Å². The van der Waals surface area contributed by atoms with Crippen LogP contribution in [0.1, 0.15) is 42.5 Å². The zero-order valence-electron chi connectivity index (χ0n) is 21.3. The second-order valence-corrected chi connectivity index (χ2v) is 11.1. The minimum atomic E-state index is -0.490. The zero-order chi connectivity index (χ0) is 28.1. The molecule has 1 aliphatic rings.